The summed E-state index contributed by atoms with van der Waals surface area (Å²) in [6.45, 7) is 2.06. The molecule has 0 spiro atoms. The van der Waals surface area contributed by atoms with E-state index in [1.807, 2.05) is 17.8 Å². The summed E-state index contributed by atoms with van der Waals surface area (Å²) in [4.78, 5) is 0. The smallest absolute Gasteiger partial charge is 0.157 e. The molecule has 0 fully saturated rings. The molecule has 15 heavy (non-hydrogen) atoms. The lowest BCUT2D eigenvalue weighted by Crippen LogP contribution is -2.13. The highest BCUT2D eigenvalue weighted by molar-refractivity contribution is 7.98. The van der Waals surface area contributed by atoms with Crippen LogP contribution < -0.4 is 0 Å². The van der Waals surface area contributed by atoms with E-state index in [1.54, 1.807) is 20.5 Å². The van der Waals surface area contributed by atoms with Crippen LogP contribution in [0.2, 0.25) is 0 Å². The number of rotatable bonds is 7. The lowest BCUT2D eigenvalue weighted by Gasteiger charge is -2.12. The summed E-state index contributed by atoms with van der Waals surface area (Å²) in [7, 11) is 3.32. The third-order valence-electron chi connectivity index (χ3n) is 2.22. The highest BCUT2D eigenvalue weighted by Gasteiger charge is 2.06. The Balaban J connectivity index is 2.14. The highest BCUT2D eigenvalue weighted by atomic mass is 32.2. The van der Waals surface area contributed by atoms with Gasteiger partial charge in [-0.1, -0.05) is 0 Å². The summed E-state index contributed by atoms with van der Waals surface area (Å²) < 4.78 is 15.5. The maximum atomic E-state index is 5.34. The molecule has 1 aromatic rings. The van der Waals surface area contributed by atoms with Crippen molar-refractivity contribution in [2.24, 2.45) is 0 Å². The Labute approximate surface area is 95.1 Å². The van der Waals surface area contributed by atoms with Gasteiger partial charge in [0.1, 0.15) is 5.76 Å². The summed E-state index contributed by atoms with van der Waals surface area (Å²) in [5.41, 5.74) is 1.22. The maximum absolute atomic E-state index is 5.34. The number of ether oxygens (including phenoxy) is 2. The van der Waals surface area contributed by atoms with Crippen molar-refractivity contribution in [2.75, 3.05) is 20.0 Å². The molecule has 0 bridgehead atoms. The Bertz CT molecular complexity index is 269. The monoisotopic (exact) mass is 230 g/mol. The van der Waals surface area contributed by atoms with Gasteiger partial charge >= 0.3 is 0 Å². The molecule has 0 saturated carbocycles. The Kier molecular flexibility index (Phi) is 5.83. The van der Waals surface area contributed by atoms with Crippen LogP contribution in [-0.2, 0) is 15.2 Å². The largest absolute Gasteiger partial charge is 0.468 e. The van der Waals surface area contributed by atoms with Crippen molar-refractivity contribution in [1.82, 2.24) is 0 Å². The van der Waals surface area contributed by atoms with E-state index in [-0.39, 0.29) is 6.29 Å². The average Bonchev–Trinajstić information content (AvgIpc) is 2.65. The molecule has 0 unspecified atom stereocenters. The quantitative estimate of drug-likeness (QED) is 0.532. The SMILES string of the molecule is COC(CCSCc1occc1C)OC. The molecule has 0 aliphatic heterocycles. The van der Waals surface area contributed by atoms with Crippen LogP contribution in [0.1, 0.15) is 17.7 Å². The van der Waals surface area contributed by atoms with Gasteiger partial charge in [-0.2, -0.15) is 11.8 Å². The standard InChI is InChI=1S/C11H18O3S/c1-9-4-6-14-10(9)8-15-7-5-11(12-2)13-3/h4,6,11H,5,7-8H2,1-3H3. The first-order valence-electron chi connectivity index (χ1n) is 4.94. The molecule has 0 N–H and O–H groups in total. The van der Waals surface area contributed by atoms with E-state index in [0.29, 0.717) is 0 Å². The number of hydrogen-bond donors (Lipinski definition) is 0. The Morgan fingerprint density at radius 2 is 2.13 bits per heavy atom. The maximum Gasteiger partial charge on any atom is 0.157 e. The van der Waals surface area contributed by atoms with E-state index < -0.39 is 0 Å². The van der Waals surface area contributed by atoms with Crippen LogP contribution in [0.3, 0.4) is 0 Å². The fourth-order valence-electron chi connectivity index (χ4n) is 1.23. The van der Waals surface area contributed by atoms with Crippen LogP contribution in [0.5, 0.6) is 0 Å². The van der Waals surface area contributed by atoms with E-state index in [0.717, 1.165) is 23.7 Å². The minimum atomic E-state index is -0.0878. The number of furan rings is 1. The van der Waals surface area contributed by atoms with Crippen LogP contribution in [0.25, 0.3) is 0 Å². The van der Waals surface area contributed by atoms with Gasteiger partial charge in [0.15, 0.2) is 6.29 Å². The zero-order chi connectivity index (χ0) is 11.1. The van der Waals surface area contributed by atoms with Crippen LogP contribution >= 0.6 is 11.8 Å². The Hall–Kier alpha value is -0.450. The van der Waals surface area contributed by atoms with E-state index in [4.69, 9.17) is 13.9 Å². The van der Waals surface area contributed by atoms with Crippen molar-refractivity contribution in [3.8, 4) is 0 Å². The predicted molar refractivity (Wildman–Crippen MR) is 62.0 cm³/mol. The Morgan fingerprint density at radius 1 is 1.40 bits per heavy atom. The van der Waals surface area contributed by atoms with Gasteiger partial charge in [-0.15, -0.1) is 0 Å². The Morgan fingerprint density at radius 3 is 2.67 bits per heavy atom. The van der Waals surface area contributed by atoms with Crippen molar-refractivity contribution in [3.05, 3.63) is 23.7 Å². The fraction of sp³-hybridized carbons (Fsp3) is 0.636. The van der Waals surface area contributed by atoms with E-state index in [1.165, 1.54) is 5.56 Å². The highest BCUT2D eigenvalue weighted by Crippen LogP contribution is 2.18. The zero-order valence-electron chi connectivity index (χ0n) is 9.49. The van der Waals surface area contributed by atoms with E-state index in [2.05, 4.69) is 6.92 Å². The second kappa shape index (κ2) is 6.93. The summed E-state index contributed by atoms with van der Waals surface area (Å²) in [6, 6.07) is 1.99. The second-order valence-electron chi connectivity index (χ2n) is 3.27. The molecule has 0 aliphatic rings. The zero-order valence-corrected chi connectivity index (χ0v) is 10.3. The second-order valence-corrected chi connectivity index (χ2v) is 4.37. The lowest BCUT2D eigenvalue weighted by atomic mass is 10.3. The molecule has 0 atom stereocenters. The predicted octanol–water partition coefficient (Wildman–Crippen LogP) is 2.83. The molecule has 0 saturated heterocycles. The summed E-state index contributed by atoms with van der Waals surface area (Å²) in [5.74, 6) is 2.98. The van der Waals surface area contributed by atoms with Gasteiger partial charge in [0.05, 0.1) is 12.0 Å². The average molecular weight is 230 g/mol. The van der Waals surface area contributed by atoms with Crippen LogP contribution in [-0.4, -0.2) is 26.3 Å². The third kappa shape index (κ3) is 4.28. The van der Waals surface area contributed by atoms with Gasteiger partial charge < -0.3 is 13.9 Å². The molecule has 1 heterocycles. The molecule has 3 nitrogen and oxygen atoms in total. The first-order chi connectivity index (χ1) is 7.27. The first kappa shape index (κ1) is 12.6. The van der Waals surface area contributed by atoms with Gasteiger partial charge in [-0.05, 0) is 24.3 Å². The number of thioether (sulfide) groups is 1. The lowest BCUT2D eigenvalue weighted by molar-refractivity contribution is -0.102. The topological polar surface area (TPSA) is 31.6 Å². The number of aryl methyl sites for hydroxylation is 1. The number of hydrogen-bond acceptors (Lipinski definition) is 4. The van der Waals surface area contributed by atoms with Crippen molar-refractivity contribution in [1.29, 1.82) is 0 Å². The van der Waals surface area contributed by atoms with Gasteiger partial charge in [-0.3, -0.25) is 0 Å². The molecule has 0 aliphatic carbocycles. The van der Waals surface area contributed by atoms with Gasteiger partial charge in [0.25, 0.3) is 0 Å². The molecule has 86 valence electrons. The van der Waals surface area contributed by atoms with Crippen LogP contribution in [0.15, 0.2) is 16.7 Å². The third-order valence-corrected chi connectivity index (χ3v) is 3.22. The van der Waals surface area contributed by atoms with Gasteiger partial charge in [0.2, 0.25) is 0 Å². The number of methoxy groups -OCH3 is 2. The normalized spacial score (nSPS) is 11.2. The van der Waals surface area contributed by atoms with Crippen molar-refractivity contribution in [2.45, 2.75) is 25.4 Å². The van der Waals surface area contributed by atoms with Crippen molar-refractivity contribution in [3.63, 3.8) is 0 Å². The molecule has 0 aromatic carbocycles. The van der Waals surface area contributed by atoms with Crippen molar-refractivity contribution >= 4 is 11.8 Å². The molecule has 0 radical (unpaired) electrons. The first-order valence-corrected chi connectivity index (χ1v) is 6.09. The van der Waals surface area contributed by atoms with Crippen molar-refractivity contribution < 1.29 is 13.9 Å². The van der Waals surface area contributed by atoms with Crippen LogP contribution in [0, 0.1) is 6.92 Å². The van der Waals surface area contributed by atoms with E-state index >= 15 is 0 Å². The summed E-state index contributed by atoms with van der Waals surface area (Å²) >= 11 is 1.83. The summed E-state index contributed by atoms with van der Waals surface area (Å²) in [5, 5.41) is 0. The molecule has 1 rings (SSSR count). The van der Waals surface area contributed by atoms with Gasteiger partial charge in [-0.25, -0.2) is 0 Å². The van der Waals surface area contributed by atoms with E-state index in [9.17, 15) is 0 Å². The minimum Gasteiger partial charge on any atom is -0.468 e. The molecular formula is C11H18O3S. The van der Waals surface area contributed by atoms with Crippen LogP contribution in [0.4, 0.5) is 0 Å². The van der Waals surface area contributed by atoms with Gasteiger partial charge in [0, 0.05) is 20.6 Å². The molecular weight excluding hydrogens is 212 g/mol. The molecule has 0 amide bonds. The molecule has 4 heteroatoms. The molecule has 1 aromatic heterocycles. The fourth-order valence-corrected chi connectivity index (χ4v) is 2.21. The summed E-state index contributed by atoms with van der Waals surface area (Å²) in [6.07, 6.45) is 2.55. The minimum absolute atomic E-state index is 0.0878.